The van der Waals surface area contributed by atoms with Crippen LogP contribution >= 0.6 is 23.4 Å². The predicted octanol–water partition coefficient (Wildman–Crippen LogP) is 4.92. The van der Waals surface area contributed by atoms with E-state index >= 15 is 0 Å². The lowest BCUT2D eigenvalue weighted by Crippen LogP contribution is -2.32. The molecule has 0 radical (unpaired) electrons. The van der Waals surface area contributed by atoms with Crippen LogP contribution in [0.5, 0.6) is 0 Å². The molecule has 0 N–H and O–H groups in total. The summed E-state index contributed by atoms with van der Waals surface area (Å²) in [6.07, 6.45) is 2.07. The van der Waals surface area contributed by atoms with Crippen LogP contribution in [0.25, 0.3) is 11.6 Å². The molecule has 2 aromatic rings. The number of halogens is 1. The van der Waals surface area contributed by atoms with E-state index in [1.165, 1.54) is 4.90 Å². The molecule has 0 aliphatic carbocycles. The van der Waals surface area contributed by atoms with Gasteiger partial charge in [-0.05, 0) is 41.8 Å². The van der Waals surface area contributed by atoms with E-state index in [-0.39, 0.29) is 6.54 Å². The van der Waals surface area contributed by atoms with Crippen molar-refractivity contribution >= 4 is 35.0 Å². The lowest BCUT2D eigenvalue weighted by molar-refractivity contribution is -0.832. The first-order chi connectivity index (χ1) is 10.9. The highest BCUT2D eigenvalue weighted by atomic mass is 35.5. The van der Waals surface area contributed by atoms with Gasteiger partial charge in [0.25, 0.3) is 0 Å². The number of quaternary nitrogens is 1. The summed E-state index contributed by atoms with van der Waals surface area (Å²) in [6.45, 7) is 0.252. The van der Waals surface area contributed by atoms with Gasteiger partial charge in [0, 0.05) is 26.0 Å². The van der Waals surface area contributed by atoms with E-state index in [9.17, 15) is 5.21 Å². The summed E-state index contributed by atoms with van der Waals surface area (Å²) in [4.78, 5) is 2.31. The summed E-state index contributed by atoms with van der Waals surface area (Å²) in [6, 6.07) is 14.1. The Morgan fingerprint density at radius 3 is 2.70 bits per heavy atom. The van der Waals surface area contributed by atoms with E-state index in [0.717, 1.165) is 21.6 Å². The molecule has 2 nitrogen and oxygen atoms in total. The Hall–Kier alpha value is -1.70. The molecule has 4 heteroatoms. The average Bonchev–Trinajstić information content (AvgIpc) is 2.63. The van der Waals surface area contributed by atoms with E-state index in [4.69, 9.17) is 11.6 Å². The van der Waals surface area contributed by atoms with Crippen LogP contribution in [0.1, 0.15) is 11.1 Å². The number of hydrogen-bond acceptors (Lipinski definition) is 2. The summed E-state index contributed by atoms with van der Waals surface area (Å²) in [5.41, 5.74) is 3.04. The van der Waals surface area contributed by atoms with Crippen LogP contribution in [0.3, 0.4) is 0 Å². The SMILES string of the molecule is C[N+](C)([O-])CC#CC1=Cc2ccccc2Sc2ccc(Cl)cc21. The first-order valence-corrected chi connectivity index (χ1v) is 8.43. The van der Waals surface area contributed by atoms with Crippen molar-refractivity contribution in [2.75, 3.05) is 20.6 Å². The second-order valence-electron chi connectivity index (χ2n) is 5.87. The summed E-state index contributed by atoms with van der Waals surface area (Å²) < 4.78 is -0.423. The monoisotopic (exact) mass is 341 g/mol. The molecule has 2 aromatic carbocycles. The van der Waals surface area contributed by atoms with Gasteiger partial charge in [0.1, 0.15) is 6.54 Å². The number of nitrogens with zero attached hydrogens (tertiary/aromatic N) is 1. The number of benzene rings is 2. The molecular formula is C19H16ClNOS. The summed E-state index contributed by atoms with van der Waals surface area (Å²) in [7, 11) is 3.18. The highest BCUT2D eigenvalue weighted by molar-refractivity contribution is 7.99. The third-order valence-electron chi connectivity index (χ3n) is 3.35. The molecule has 1 heterocycles. The van der Waals surface area contributed by atoms with Gasteiger partial charge >= 0.3 is 0 Å². The number of fused-ring (bicyclic) bond motifs is 2. The maximum atomic E-state index is 11.7. The fourth-order valence-corrected chi connectivity index (χ4v) is 3.49. The van der Waals surface area contributed by atoms with Crippen LogP contribution in [0.15, 0.2) is 52.3 Å². The minimum Gasteiger partial charge on any atom is -0.632 e. The number of hydroxylamine groups is 3. The average molecular weight is 342 g/mol. The molecule has 0 atom stereocenters. The van der Waals surface area contributed by atoms with Crippen LogP contribution in [-0.2, 0) is 0 Å². The Labute approximate surface area is 145 Å². The van der Waals surface area contributed by atoms with Gasteiger partial charge in [-0.1, -0.05) is 47.5 Å². The van der Waals surface area contributed by atoms with E-state index in [1.807, 2.05) is 30.3 Å². The van der Waals surface area contributed by atoms with Crippen molar-refractivity contribution in [3.8, 4) is 11.8 Å². The van der Waals surface area contributed by atoms with Gasteiger partial charge in [0.05, 0.1) is 14.1 Å². The van der Waals surface area contributed by atoms with Crippen LogP contribution in [-0.4, -0.2) is 25.3 Å². The largest absolute Gasteiger partial charge is 0.632 e. The molecule has 23 heavy (non-hydrogen) atoms. The third kappa shape index (κ3) is 3.99. The summed E-state index contributed by atoms with van der Waals surface area (Å²) >= 11 is 7.89. The zero-order valence-electron chi connectivity index (χ0n) is 13.0. The molecule has 0 amide bonds. The van der Waals surface area contributed by atoms with Crippen molar-refractivity contribution in [2.24, 2.45) is 0 Å². The van der Waals surface area contributed by atoms with Gasteiger partial charge in [-0.15, -0.1) is 0 Å². The lowest BCUT2D eigenvalue weighted by Gasteiger charge is -2.31. The van der Waals surface area contributed by atoms with E-state index in [1.54, 1.807) is 25.9 Å². The Balaban J connectivity index is 2.11. The molecule has 0 saturated heterocycles. The van der Waals surface area contributed by atoms with Crippen LogP contribution in [0.4, 0.5) is 0 Å². The predicted molar refractivity (Wildman–Crippen MR) is 98.0 cm³/mol. The zero-order valence-corrected chi connectivity index (χ0v) is 14.5. The summed E-state index contributed by atoms with van der Waals surface area (Å²) in [5.74, 6) is 6.17. The molecule has 1 aliphatic rings. The van der Waals surface area contributed by atoms with Crippen molar-refractivity contribution in [1.82, 2.24) is 0 Å². The first-order valence-electron chi connectivity index (χ1n) is 7.24. The first kappa shape index (κ1) is 16.2. The van der Waals surface area contributed by atoms with Gasteiger partial charge < -0.3 is 9.85 Å². The van der Waals surface area contributed by atoms with Crippen molar-refractivity contribution in [1.29, 1.82) is 0 Å². The molecule has 0 aromatic heterocycles. The van der Waals surface area contributed by atoms with Crippen LogP contribution in [0, 0.1) is 17.0 Å². The third-order valence-corrected chi connectivity index (χ3v) is 4.76. The number of hydrogen-bond donors (Lipinski definition) is 0. The van der Waals surface area contributed by atoms with E-state index < -0.39 is 4.65 Å². The van der Waals surface area contributed by atoms with Gasteiger partial charge in [0.15, 0.2) is 0 Å². The van der Waals surface area contributed by atoms with Crippen molar-refractivity contribution in [3.05, 3.63) is 63.8 Å². The second kappa shape index (κ2) is 6.43. The molecule has 3 rings (SSSR count). The normalized spacial score (nSPS) is 13.1. The van der Waals surface area contributed by atoms with Gasteiger partial charge in [-0.2, -0.15) is 0 Å². The van der Waals surface area contributed by atoms with Crippen molar-refractivity contribution in [2.45, 2.75) is 9.79 Å². The molecule has 116 valence electrons. The Morgan fingerprint density at radius 1 is 1.13 bits per heavy atom. The molecular weight excluding hydrogens is 326 g/mol. The van der Waals surface area contributed by atoms with E-state index in [2.05, 4.69) is 30.0 Å². The molecule has 1 aliphatic heterocycles. The molecule has 0 bridgehead atoms. The van der Waals surface area contributed by atoms with Crippen molar-refractivity contribution in [3.63, 3.8) is 0 Å². The highest BCUT2D eigenvalue weighted by Gasteiger charge is 2.15. The van der Waals surface area contributed by atoms with Crippen LogP contribution in [0.2, 0.25) is 5.02 Å². The minimum absolute atomic E-state index is 0.252. The van der Waals surface area contributed by atoms with Crippen molar-refractivity contribution < 1.29 is 4.65 Å². The molecule has 0 fully saturated rings. The fourth-order valence-electron chi connectivity index (χ4n) is 2.27. The lowest BCUT2D eigenvalue weighted by atomic mass is 10.0. The maximum Gasteiger partial charge on any atom is 0.140 e. The standard InChI is InChI=1S/C19H16ClNOS/c1-21(2,22)11-5-7-14-12-15-6-3-4-8-18(15)23-19-10-9-16(20)13-17(14)19/h3-4,6,8-10,12-13H,11H2,1-2H3. The molecule has 0 unspecified atom stereocenters. The Bertz CT molecular complexity index is 840. The number of rotatable bonds is 1. The molecule has 0 spiro atoms. The van der Waals surface area contributed by atoms with E-state index in [0.29, 0.717) is 5.02 Å². The quantitative estimate of drug-likeness (QED) is 0.417. The zero-order chi connectivity index (χ0) is 16.4. The van der Waals surface area contributed by atoms with Gasteiger partial charge in [-0.25, -0.2) is 0 Å². The fraction of sp³-hybridized carbons (Fsp3) is 0.158. The Kier molecular flexibility index (Phi) is 4.52. The number of allylic oxidation sites excluding steroid dienone is 1. The minimum atomic E-state index is -0.423. The topological polar surface area (TPSA) is 23.1 Å². The molecule has 0 saturated carbocycles. The second-order valence-corrected chi connectivity index (χ2v) is 7.39. The van der Waals surface area contributed by atoms with Crippen LogP contribution < -0.4 is 0 Å². The van der Waals surface area contributed by atoms with Gasteiger partial charge in [-0.3, -0.25) is 0 Å². The highest BCUT2D eigenvalue weighted by Crippen LogP contribution is 2.41. The van der Waals surface area contributed by atoms with Gasteiger partial charge in [0.2, 0.25) is 0 Å². The maximum absolute atomic E-state index is 11.7. The Morgan fingerprint density at radius 2 is 1.91 bits per heavy atom. The summed E-state index contributed by atoms with van der Waals surface area (Å²) in [5, 5.41) is 12.4. The smallest absolute Gasteiger partial charge is 0.140 e.